The third kappa shape index (κ3) is 6.88. The van der Waals surface area contributed by atoms with E-state index in [1.165, 1.54) is 22.8 Å². The summed E-state index contributed by atoms with van der Waals surface area (Å²) in [5.74, 6) is -0.530. The summed E-state index contributed by atoms with van der Waals surface area (Å²) in [5, 5.41) is 11.8. The number of hydrogen-bond donors (Lipinski definition) is 3. The molecule has 0 aliphatic carbocycles. The molecule has 1 aromatic rings. The van der Waals surface area contributed by atoms with Crippen molar-refractivity contribution in [1.82, 2.24) is 10.8 Å². The molecule has 0 aliphatic rings. The highest BCUT2D eigenvalue weighted by molar-refractivity contribution is 5.90. The zero-order valence-electron chi connectivity index (χ0n) is 12.9. The molecular weight excluding hydrogens is 264 g/mol. The lowest BCUT2D eigenvalue weighted by molar-refractivity contribution is -0.124. The van der Waals surface area contributed by atoms with E-state index < -0.39 is 5.91 Å². The second-order valence-corrected chi connectivity index (χ2v) is 5.24. The quantitative estimate of drug-likeness (QED) is 0.238. The van der Waals surface area contributed by atoms with Gasteiger partial charge in [0, 0.05) is 12.6 Å². The molecule has 1 aromatic carbocycles. The second-order valence-electron chi connectivity index (χ2n) is 5.24. The van der Waals surface area contributed by atoms with Crippen LogP contribution >= 0.6 is 0 Å². The molecule has 1 rings (SSSR count). The Kier molecular flexibility index (Phi) is 7.43. The summed E-state index contributed by atoms with van der Waals surface area (Å²) in [5.41, 5.74) is 6.27. The van der Waals surface area contributed by atoms with Crippen molar-refractivity contribution in [3.63, 3.8) is 0 Å². The maximum atomic E-state index is 10.9. The van der Waals surface area contributed by atoms with Gasteiger partial charge in [0.25, 0.3) is 5.91 Å². The van der Waals surface area contributed by atoms with Crippen LogP contribution in [0.5, 0.6) is 0 Å². The monoisotopic (exact) mass is 288 g/mol. The number of benzene rings is 1. The molecule has 0 aromatic heterocycles. The van der Waals surface area contributed by atoms with Gasteiger partial charge in [-0.25, -0.2) is 5.48 Å². The lowest BCUT2D eigenvalue weighted by Crippen LogP contribution is -2.15. The number of hydrogen-bond acceptors (Lipinski definition) is 3. The summed E-state index contributed by atoms with van der Waals surface area (Å²) in [6.07, 6.45) is 6.23. The number of aryl methyl sites for hydroxylation is 1. The summed E-state index contributed by atoms with van der Waals surface area (Å²) in [6, 6.07) is 6.04. The van der Waals surface area contributed by atoms with Gasteiger partial charge in [-0.05, 0) is 56.5 Å². The van der Waals surface area contributed by atoms with Crippen LogP contribution in [-0.2, 0) is 11.3 Å². The van der Waals surface area contributed by atoms with E-state index in [0.717, 1.165) is 25.1 Å². The Morgan fingerprint density at radius 1 is 1.33 bits per heavy atom. The molecule has 114 valence electrons. The molecule has 4 nitrogen and oxygen atoms in total. The molecule has 0 unspecified atom stereocenters. The average Bonchev–Trinajstić information content (AvgIpc) is 2.45. The molecule has 0 bridgehead atoms. The summed E-state index contributed by atoms with van der Waals surface area (Å²) < 4.78 is 0. The lowest BCUT2D eigenvalue weighted by atomic mass is 10.0. The molecule has 0 spiro atoms. The van der Waals surface area contributed by atoms with Crippen LogP contribution in [0.15, 0.2) is 35.9 Å². The molecule has 3 N–H and O–H groups in total. The predicted molar refractivity (Wildman–Crippen MR) is 85.9 cm³/mol. The van der Waals surface area contributed by atoms with Crippen molar-refractivity contribution in [1.29, 1.82) is 0 Å². The SMILES string of the molecule is CC(C)=CCCNCc1ccc(/C=C/C(=O)NO)cc1C. The van der Waals surface area contributed by atoms with Crippen molar-refractivity contribution >= 4 is 12.0 Å². The van der Waals surface area contributed by atoms with Gasteiger partial charge in [-0.2, -0.15) is 0 Å². The maximum absolute atomic E-state index is 10.9. The summed E-state index contributed by atoms with van der Waals surface area (Å²) >= 11 is 0. The molecule has 0 aliphatic heterocycles. The largest absolute Gasteiger partial charge is 0.312 e. The fourth-order valence-electron chi connectivity index (χ4n) is 1.92. The van der Waals surface area contributed by atoms with Crippen molar-refractivity contribution in [2.75, 3.05) is 6.54 Å². The predicted octanol–water partition coefficient (Wildman–Crippen LogP) is 2.96. The maximum Gasteiger partial charge on any atom is 0.267 e. The minimum Gasteiger partial charge on any atom is -0.312 e. The third-order valence-electron chi connectivity index (χ3n) is 3.09. The van der Waals surface area contributed by atoms with Crippen molar-refractivity contribution in [2.45, 2.75) is 33.7 Å². The fraction of sp³-hybridized carbons (Fsp3) is 0.353. The molecule has 0 heterocycles. The minimum atomic E-state index is -0.530. The first-order valence-electron chi connectivity index (χ1n) is 7.08. The topological polar surface area (TPSA) is 61.4 Å². The Morgan fingerprint density at radius 3 is 2.71 bits per heavy atom. The summed E-state index contributed by atoms with van der Waals surface area (Å²) in [7, 11) is 0. The first kappa shape index (κ1) is 17.1. The van der Waals surface area contributed by atoms with Crippen molar-refractivity contribution in [2.24, 2.45) is 0 Å². The molecule has 0 radical (unpaired) electrons. The average molecular weight is 288 g/mol. The molecule has 0 saturated carbocycles. The number of allylic oxidation sites excluding steroid dienone is 1. The lowest BCUT2D eigenvalue weighted by Gasteiger charge is -2.08. The highest BCUT2D eigenvalue weighted by atomic mass is 16.5. The zero-order valence-corrected chi connectivity index (χ0v) is 12.9. The van der Waals surface area contributed by atoms with Gasteiger partial charge in [-0.15, -0.1) is 0 Å². The first-order valence-corrected chi connectivity index (χ1v) is 7.08. The van der Waals surface area contributed by atoms with E-state index in [4.69, 9.17) is 5.21 Å². The van der Waals surface area contributed by atoms with Crippen LogP contribution < -0.4 is 10.8 Å². The fourth-order valence-corrected chi connectivity index (χ4v) is 1.92. The minimum absolute atomic E-state index is 0.530. The summed E-state index contributed by atoms with van der Waals surface area (Å²) in [4.78, 5) is 10.9. The number of carbonyl (C=O) groups is 1. The third-order valence-corrected chi connectivity index (χ3v) is 3.09. The van der Waals surface area contributed by atoms with Crippen LogP contribution in [0, 0.1) is 6.92 Å². The highest BCUT2D eigenvalue weighted by Gasteiger charge is 1.99. The number of amides is 1. The van der Waals surface area contributed by atoms with Gasteiger partial charge in [0.1, 0.15) is 0 Å². The number of carbonyl (C=O) groups excluding carboxylic acids is 1. The van der Waals surface area contributed by atoms with Gasteiger partial charge < -0.3 is 5.32 Å². The van der Waals surface area contributed by atoms with Gasteiger partial charge >= 0.3 is 0 Å². The molecule has 0 fully saturated rings. The number of hydroxylamine groups is 1. The molecule has 21 heavy (non-hydrogen) atoms. The zero-order chi connectivity index (χ0) is 15.7. The molecule has 1 amide bonds. The Balaban J connectivity index is 2.52. The normalized spacial score (nSPS) is 10.7. The van der Waals surface area contributed by atoms with Crippen LogP contribution in [0.2, 0.25) is 0 Å². The smallest absolute Gasteiger partial charge is 0.267 e. The number of rotatable bonds is 7. The number of nitrogens with one attached hydrogen (secondary N) is 2. The van der Waals surface area contributed by atoms with E-state index in [0.29, 0.717) is 0 Å². The van der Waals surface area contributed by atoms with E-state index in [-0.39, 0.29) is 0 Å². The van der Waals surface area contributed by atoms with Crippen LogP contribution in [0.3, 0.4) is 0 Å². The molecule has 0 atom stereocenters. The van der Waals surface area contributed by atoms with Crippen LogP contribution in [-0.4, -0.2) is 17.7 Å². The Labute approximate surface area is 126 Å². The van der Waals surface area contributed by atoms with E-state index in [1.807, 2.05) is 12.1 Å². The first-order chi connectivity index (χ1) is 10.0. The molecular formula is C17H24N2O2. The Hall–Kier alpha value is -1.91. The van der Waals surface area contributed by atoms with E-state index in [1.54, 1.807) is 11.6 Å². The van der Waals surface area contributed by atoms with Crippen molar-refractivity contribution in [3.05, 3.63) is 52.6 Å². The summed E-state index contributed by atoms with van der Waals surface area (Å²) in [6.45, 7) is 8.06. The van der Waals surface area contributed by atoms with Gasteiger partial charge in [0.15, 0.2) is 0 Å². The van der Waals surface area contributed by atoms with Gasteiger partial charge in [-0.1, -0.05) is 29.8 Å². The van der Waals surface area contributed by atoms with Gasteiger partial charge in [0.05, 0.1) is 0 Å². The Morgan fingerprint density at radius 2 is 2.10 bits per heavy atom. The van der Waals surface area contributed by atoms with Gasteiger partial charge in [0.2, 0.25) is 0 Å². The van der Waals surface area contributed by atoms with E-state index in [2.05, 4.69) is 38.2 Å². The Bertz CT molecular complexity index is 530. The molecule has 0 saturated heterocycles. The standard InChI is InChI=1S/C17H24N2O2/c1-13(2)5-4-10-18-12-16-8-6-15(11-14(16)3)7-9-17(20)19-21/h5-9,11,18,21H,4,10,12H2,1-3H3,(H,19,20)/b9-7+. The van der Waals surface area contributed by atoms with Crippen LogP contribution in [0.25, 0.3) is 6.08 Å². The molecule has 4 heteroatoms. The van der Waals surface area contributed by atoms with Crippen LogP contribution in [0.4, 0.5) is 0 Å². The van der Waals surface area contributed by atoms with E-state index in [9.17, 15) is 4.79 Å². The van der Waals surface area contributed by atoms with Crippen molar-refractivity contribution < 1.29 is 10.0 Å². The van der Waals surface area contributed by atoms with Gasteiger partial charge in [-0.3, -0.25) is 10.0 Å². The second kappa shape index (κ2) is 9.10. The highest BCUT2D eigenvalue weighted by Crippen LogP contribution is 2.12. The van der Waals surface area contributed by atoms with Crippen molar-refractivity contribution in [3.8, 4) is 0 Å². The van der Waals surface area contributed by atoms with Crippen LogP contribution in [0.1, 0.15) is 37.0 Å². The van der Waals surface area contributed by atoms with E-state index >= 15 is 0 Å².